The first kappa shape index (κ1) is 21.5. The summed E-state index contributed by atoms with van der Waals surface area (Å²) in [5, 5.41) is 3.45. The van der Waals surface area contributed by atoms with E-state index in [4.69, 9.17) is 27.9 Å². The van der Waals surface area contributed by atoms with Crippen LogP contribution in [0.15, 0.2) is 47.4 Å². The maximum Gasteiger partial charge on any atom is 0.262 e. The maximum absolute atomic E-state index is 12.4. The van der Waals surface area contributed by atoms with Crippen LogP contribution in [0.4, 0.5) is 5.69 Å². The molecule has 2 aromatic carbocycles. The van der Waals surface area contributed by atoms with Crippen LogP contribution in [0.2, 0.25) is 10.0 Å². The SMILES string of the molecule is CCN(CC)S(=O)(=O)c1ccc(NC(=O)COc2cc(Cl)cc(Cl)c2)cc1. The summed E-state index contributed by atoms with van der Waals surface area (Å²) in [5.41, 5.74) is 0.464. The van der Waals surface area contributed by atoms with E-state index in [1.54, 1.807) is 32.0 Å². The maximum atomic E-state index is 12.4. The van der Waals surface area contributed by atoms with Gasteiger partial charge >= 0.3 is 0 Å². The van der Waals surface area contributed by atoms with Crippen LogP contribution >= 0.6 is 23.2 Å². The molecule has 146 valence electrons. The van der Waals surface area contributed by atoms with E-state index in [1.807, 2.05) is 0 Å². The van der Waals surface area contributed by atoms with Gasteiger partial charge in [-0.2, -0.15) is 4.31 Å². The van der Waals surface area contributed by atoms with Crippen LogP contribution in [0.3, 0.4) is 0 Å². The van der Waals surface area contributed by atoms with E-state index < -0.39 is 15.9 Å². The second-order valence-electron chi connectivity index (χ2n) is 5.56. The molecule has 6 nitrogen and oxygen atoms in total. The van der Waals surface area contributed by atoms with Crippen molar-refractivity contribution in [3.63, 3.8) is 0 Å². The van der Waals surface area contributed by atoms with Crippen molar-refractivity contribution in [2.45, 2.75) is 18.7 Å². The predicted molar refractivity (Wildman–Crippen MR) is 107 cm³/mol. The van der Waals surface area contributed by atoms with Crippen LogP contribution in [0.1, 0.15) is 13.8 Å². The van der Waals surface area contributed by atoms with Crippen molar-refractivity contribution in [1.29, 1.82) is 0 Å². The number of benzene rings is 2. The van der Waals surface area contributed by atoms with Gasteiger partial charge in [0.15, 0.2) is 6.61 Å². The highest BCUT2D eigenvalue weighted by atomic mass is 35.5. The van der Waals surface area contributed by atoms with Crippen LogP contribution < -0.4 is 10.1 Å². The Morgan fingerprint density at radius 3 is 2.11 bits per heavy atom. The lowest BCUT2D eigenvalue weighted by Crippen LogP contribution is -2.30. The Labute approximate surface area is 169 Å². The topological polar surface area (TPSA) is 75.7 Å². The number of rotatable bonds is 8. The van der Waals surface area contributed by atoms with Crippen LogP contribution in [0.5, 0.6) is 5.75 Å². The third kappa shape index (κ3) is 5.84. The second kappa shape index (κ2) is 9.41. The molecule has 0 aromatic heterocycles. The zero-order valence-corrected chi connectivity index (χ0v) is 17.2. The third-order valence-corrected chi connectivity index (χ3v) is 6.19. The number of anilines is 1. The number of nitrogens with zero attached hydrogens (tertiary/aromatic N) is 1. The Morgan fingerprint density at radius 2 is 1.59 bits per heavy atom. The fourth-order valence-corrected chi connectivity index (χ4v) is 4.34. The van der Waals surface area contributed by atoms with Gasteiger partial charge in [-0.05, 0) is 42.5 Å². The van der Waals surface area contributed by atoms with Gasteiger partial charge in [-0.25, -0.2) is 8.42 Å². The van der Waals surface area contributed by atoms with Crippen LogP contribution in [-0.4, -0.2) is 38.3 Å². The molecule has 1 N–H and O–H groups in total. The summed E-state index contributed by atoms with van der Waals surface area (Å²) in [4.78, 5) is 12.2. The van der Waals surface area contributed by atoms with Crippen molar-refractivity contribution in [2.24, 2.45) is 0 Å². The monoisotopic (exact) mass is 430 g/mol. The Kier molecular flexibility index (Phi) is 7.49. The van der Waals surface area contributed by atoms with Gasteiger partial charge in [0.25, 0.3) is 5.91 Å². The molecule has 0 radical (unpaired) electrons. The molecule has 0 aliphatic carbocycles. The number of nitrogens with one attached hydrogen (secondary N) is 1. The molecule has 0 aliphatic heterocycles. The minimum absolute atomic E-state index is 0.175. The standard InChI is InChI=1S/C18H20Cl2N2O4S/c1-3-22(4-2)27(24,25)17-7-5-15(6-8-17)21-18(23)12-26-16-10-13(19)9-14(20)11-16/h5-11H,3-4,12H2,1-2H3,(H,21,23). The van der Waals surface area contributed by atoms with Gasteiger partial charge in [-0.3, -0.25) is 4.79 Å². The van der Waals surface area contributed by atoms with Crippen molar-refractivity contribution in [3.05, 3.63) is 52.5 Å². The number of hydrogen-bond donors (Lipinski definition) is 1. The molecule has 0 atom stereocenters. The summed E-state index contributed by atoms with van der Waals surface area (Å²) in [5.74, 6) is -0.0197. The van der Waals surface area contributed by atoms with Crippen molar-refractivity contribution >= 4 is 44.8 Å². The third-order valence-electron chi connectivity index (χ3n) is 3.69. The fourth-order valence-electron chi connectivity index (χ4n) is 2.38. The number of carbonyl (C=O) groups excluding carboxylic acids is 1. The van der Waals surface area contributed by atoms with Crippen LogP contribution in [0, 0.1) is 0 Å². The van der Waals surface area contributed by atoms with Gasteiger partial charge in [0.2, 0.25) is 10.0 Å². The Hall–Kier alpha value is -1.80. The molecule has 0 fully saturated rings. The molecular weight excluding hydrogens is 411 g/mol. The number of sulfonamides is 1. The van der Waals surface area contributed by atoms with E-state index in [-0.39, 0.29) is 11.5 Å². The first-order valence-corrected chi connectivity index (χ1v) is 10.4. The zero-order valence-electron chi connectivity index (χ0n) is 14.9. The van der Waals surface area contributed by atoms with Gasteiger partial charge < -0.3 is 10.1 Å². The average Bonchev–Trinajstić information content (AvgIpc) is 2.60. The van der Waals surface area contributed by atoms with Gasteiger partial charge in [0.05, 0.1) is 4.90 Å². The molecule has 2 rings (SSSR count). The quantitative estimate of drug-likeness (QED) is 0.685. The highest BCUT2D eigenvalue weighted by Crippen LogP contribution is 2.24. The molecule has 0 bridgehead atoms. The van der Waals surface area contributed by atoms with Crippen LogP contribution in [-0.2, 0) is 14.8 Å². The fraction of sp³-hybridized carbons (Fsp3) is 0.278. The summed E-state index contributed by atoms with van der Waals surface area (Å²) in [6.45, 7) is 4.10. The van der Waals surface area contributed by atoms with Crippen molar-refractivity contribution in [1.82, 2.24) is 4.31 Å². The van der Waals surface area contributed by atoms with E-state index in [0.717, 1.165) is 0 Å². The number of amides is 1. The van der Waals surface area contributed by atoms with Crippen molar-refractivity contribution in [3.8, 4) is 5.75 Å². The van der Waals surface area contributed by atoms with E-state index in [0.29, 0.717) is 34.6 Å². The smallest absolute Gasteiger partial charge is 0.262 e. The first-order valence-electron chi connectivity index (χ1n) is 8.25. The summed E-state index contributed by atoms with van der Waals surface area (Å²) in [7, 11) is -3.53. The summed E-state index contributed by atoms with van der Waals surface area (Å²) >= 11 is 11.7. The number of hydrogen-bond acceptors (Lipinski definition) is 4. The minimum atomic E-state index is -3.53. The first-order chi connectivity index (χ1) is 12.8. The van der Waals surface area contributed by atoms with E-state index in [9.17, 15) is 13.2 Å². The molecular formula is C18H20Cl2N2O4S. The molecule has 0 unspecified atom stereocenters. The second-order valence-corrected chi connectivity index (χ2v) is 8.37. The number of carbonyl (C=O) groups is 1. The van der Waals surface area contributed by atoms with Gasteiger partial charge in [-0.1, -0.05) is 37.0 Å². The summed E-state index contributed by atoms with van der Waals surface area (Å²) < 4.78 is 31.6. The number of halogens is 2. The predicted octanol–water partition coefficient (Wildman–Crippen LogP) is 4.04. The molecule has 1 amide bonds. The Balaban J connectivity index is 1.98. The molecule has 27 heavy (non-hydrogen) atoms. The molecule has 0 spiro atoms. The largest absolute Gasteiger partial charge is 0.484 e. The Bertz CT molecular complexity index is 878. The molecule has 0 saturated heterocycles. The van der Waals surface area contributed by atoms with E-state index >= 15 is 0 Å². The molecule has 0 heterocycles. The normalized spacial score (nSPS) is 11.4. The molecule has 9 heteroatoms. The van der Waals surface area contributed by atoms with Gasteiger partial charge in [0, 0.05) is 28.8 Å². The van der Waals surface area contributed by atoms with Crippen molar-refractivity contribution < 1.29 is 17.9 Å². The van der Waals surface area contributed by atoms with Gasteiger partial charge in [0.1, 0.15) is 5.75 Å². The lowest BCUT2D eigenvalue weighted by Gasteiger charge is -2.18. The number of ether oxygens (including phenoxy) is 1. The van der Waals surface area contributed by atoms with Gasteiger partial charge in [-0.15, -0.1) is 0 Å². The average molecular weight is 431 g/mol. The molecule has 2 aromatic rings. The highest BCUT2D eigenvalue weighted by Gasteiger charge is 2.21. The molecule has 0 saturated carbocycles. The van der Waals surface area contributed by atoms with E-state index in [1.165, 1.54) is 28.6 Å². The Morgan fingerprint density at radius 1 is 1.04 bits per heavy atom. The lowest BCUT2D eigenvalue weighted by molar-refractivity contribution is -0.118. The van der Waals surface area contributed by atoms with Crippen LogP contribution in [0.25, 0.3) is 0 Å². The lowest BCUT2D eigenvalue weighted by atomic mass is 10.3. The van der Waals surface area contributed by atoms with Crippen molar-refractivity contribution in [2.75, 3.05) is 25.0 Å². The highest BCUT2D eigenvalue weighted by molar-refractivity contribution is 7.89. The zero-order chi connectivity index (χ0) is 20.0. The van der Waals surface area contributed by atoms with E-state index in [2.05, 4.69) is 5.32 Å². The minimum Gasteiger partial charge on any atom is -0.484 e. The molecule has 0 aliphatic rings. The summed E-state index contributed by atoms with van der Waals surface area (Å²) in [6.07, 6.45) is 0. The summed E-state index contributed by atoms with van der Waals surface area (Å²) in [6, 6.07) is 10.6.